The van der Waals surface area contributed by atoms with Crippen LogP contribution in [0.4, 0.5) is 0 Å². The molecule has 116 valence electrons. The zero-order valence-electron chi connectivity index (χ0n) is 12.8. The van der Waals surface area contributed by atoms with Gasteiger partial charge >= 0.3 is 0 Å². The van der Waals surface area contributed by atoms with Crippen LogP contribution in [-0.4, -0.2) is 21.3 Å². The van der Waals surface area contributed by atoms with Crippen molar-refractivity contribution >= 4 is 12.4 Å². The molecule has 1 atom stereocenters. The average molecular weight is 304 g/mol. The van der Waals surface area contributed by atoms with Crippen LogP contribution >= 0.6 is 12.4 Å². The molecule has 0 saturated carbocycles. The fourth-order valence-corrected chi connectivity index (χ4v) is 2.16. The van der Waals surface area contributed by atoms with Crippen LogP contribution in [0, 0.1) is 0 Å². The number of halogens is 1. The Kier molecular flexibility index (Phi) is 9.17. The van der Waals surface area contributed by atoms with E-state index in [1.165, 1.54) is 12.8 Å². The summed E-state index contributed by atoms with van der Waals surface area (Å²) >= 11 is 0. The third-order valence-corrected chi connectivity index (χ3v) is 3.24. The smallest absolute Gasteiger partial charge is 0.131 e. The normalized spacial score (nSPS) is 11.4. The van der Waals surface area contributed by atoms with E-state index >= 15 is 0 Å². The fourth-order valence-electron chi connectivity index (χ4n) is 2.16. The summed E-state index contributed by atoms with van der Waals surface area (Å²) in [7, 11) is 4.89. The first-order valence-corrected chi connectivity index (χ1v) is 6.73. The van der Waals surface area contributed by atoms with Gasteiger partial charge in [0.2, 0.25) is 0 Å². The number of hydrogen-bond donors (Lipinski definition) is 1. The molecule has 0 radical (unpaired) electrons. The Balaban J connectivity index is 0.00000361. The Labute approximate surface area is 128 Å². The van der Waals surface area contributed by atoms with Gasteiger partial charge in [-0.05, 0) is 6.42 Å². The van der Waals surface area contributed by atoms with Crippen LogP contribution in [0.25, 0.3) is 0 Å². The molecule has 4 nitrogen and oxygen atoms in total. The lowest BCUT2D eigenvalue weighted by Crippen LogP contribution is -2.13. The Morgan fingerprint density at radius 1 is 1.00 bits per heavy atom. The molecule has 0 aliphatic carbocycles. The maximum atomic E-state index is 6.28. The molecule has 2 N–H and O–H groups in total. The lowest BCUT2D eigenvalue weighted by molar-refractivity contribution is 0.361. The molecule has 20 heavy (non-hydrogen) atoms. The highest BCUT2D eigenvalue weighted by Gasteiger charge is 2.19. The molecule has 0 saturated heterocycles. The molecule has 0 aromatic heterocycles. The molecule has 0 aliphatic rings. The van der Waals surface area contributed by atoms with Gasteiger partial charge in [-0.3, -0.25) is 0 Å². The molecule has 1 aromatic carbocycles. The third kappa shape index (κ3) is 4.76. The molecule has 0 amide bonds. The minimum Gasteiger partial charge on any atom is -0.496 e. The lowest BCUT2D eigenvalue weighted by atomic mass is 9.99. The second kappa shape index (κ2) is 9.72. The predicted octanol–water partition coefficient (Wildman–Crippen LogP) is 3.71. The number of nitrogens with two attached hydrogens (primary N) is 1. The van der Waals surface area contributed by atoms with Gasteiger partial charge in [0.15, 0.2) is 0 Å². The van der Waals surface area contributed by atoms with Gasteiger partial charge < -0.3 is 19.9 Å². The van der Waals surface area contributed by atoms with Crippen molar-refractivity contribution < 1.29 is 14.2 Å². The number of methoxy groups -OCH3 is 3. The Morgan fingerprint density at radius 3 is 1.95 bits per heavy atom. The second-order valence-corrected chi connectivity index (χ2v) is 4.55. The Bertz CT molecular complexity index is 374. The van der Waals surface area contributed by atoms with Gasteiger partial charge in [-0.15, -0.1) is 12.4 Å². The van der Waals surface area contributed by atoms with Gasteiger partial charge in [0.25, 0.3) is 0 Å². The van der Waals surface area contributed by atoms with Crippen molar-refractivity contribution in [1.29, 1.82) is 0 Å². The number of rotatable bonds is 8. The summed E-state index contributed by atoms with van der Waals surface area (Å²) in [6.45, 7) is 2.18. The van der Waals surface area contributed by atoms with Crippen LogP contribution < -0.4 is 19.9 Å². The highest BCUT2D eigenvalue weighted by molar-refractivity contribution is 5.85. The second-order valence-electron chi connectivity index (χ2n) is 4.55. The third-order valence-electron chi connectivity index (χ3n) is 3.24. The standard InChI is InChI=1S/C15H25NO3.ClH/c1-5-6-7-8-12(16)15-13(18-3)9-11(17-2)10-14(15)19-4;/h9-10,12H,5-8,16H2,1-4H3;1H/t12-;/m1./s1. The van der Waals surface area contributed by atoms with Crippen molar-refractivity contribution in [3.05, 3.63) is 17.7 Å². The summed E-state index contributed by atoms with van der Waals surface area (Å²) in [5, 5.41) is 0. The zero-order valence-corrected chi connectivity index (χ0v) is 13.6. The quantitative estimate of drug-likeness (QED) is 0.744. The minimum absolute atomic E-state index is 0. The first-order chi connectivity index (χ1) is 9.17. The van der Waals surface area contributed by atoms with Crippen LogP contribution in [-0.2, 0) is 0 Å². The van der Waals surface area contributed by atoms with E-state index in [0.29, 0.717) is 5.75 Å². The van der Waals surface area contributed by atoms with Crippen molar-refractivity contribution in [1.82, 2.24) is 0 Å². The van der Waals surface area contributed by atoms with Crippen molar-refractivity contribution in [3.63, 3.8) is 0 Å². The van der Waals surface area contributed by atoms with Crippen LogP contribution in [0.15, 0.2) is 12.1 Å². The van der Waals surface area contributed by atoms with Gasteiger partial charge in [-0.2, -0.15) is 0 Å². The van der Waals surface area contributed by atoms with Crippen LogP contribution in [0.3, 0.4) is 0 Å². The van der Waals surface area contributed by atoms with Crippen molar-refractivity contribution in [2.24, 2.45) is 5.73 Å². The molecule has 0 bridgehead atoms. The first-order valence-electron chi connectivity index (χ1n) is 6.73. The summed E-state index contributed by atoms with van der Waals surface area (Å²) in [4.78, 5) is 0. The van der Waals surface area contributed by atoms with E-state index in [2.05, 4.69) is 6.92 Å². The van der Waals surface area contributed by atoms with Crippen LogP contribution in [0.5, 0.6) is 17.2 Å². The van der Waals surface area contributed by atoms with Crippen molar-refractivity contribution in [2.75, 3.05) is 21.3 Å². The van der Waals surface area contributed by atoms with E-state index in [4.69, 9.17) is 19.9 Å². The molecule has 0 aliphatic heterocycles. The van der Waals surface area contributed by atoms with E-state index in [9.17, 15) is 0 Å². The minimum atomic E-state index is -0.0812. The molecule has 0 unspecified atom stereocenters. The van der Waals surface area contributed by atoms with Gasteiger partial charge in [-0.25, -0.2) is 0 Å². The summed E-state index contributed by atoms with van der Waals surface area (Å²) in [5.41, 5.74) is 7.20. The number of unbranched alkanes of at least 4 members (excludes halogenated alkanes) is 2. The highest BCUT2D eigenvalue weighted by Crippen LogP contribution is 2.38. The van der Waals surface area contributed by atoms with E-state index in [-0.39, 0.29) is 18.4 Å². The largest absolute Gasteiger partial charge is 0.496 e. The molecule has 1 aromatic rings. The summed E-state index contributed by atoms with van der Waals surface area (Å²) < 4.78 is 16.1. The Morgan fingerprint density at radius 2 is 1.55 bits per heavy atom. The van der Waals surface area contributed by atoms with Crippen molar-refractivity contribution in [2.45, 2.75) is 38.6 Å². The Hall–Kier alpha value is -1.13. The summed E-state index contributed by atoms with van der Waals surface area (Å²) in [5.74, 6) is 2.15. The predicted molar refractivity (Wildman–Crippen MR) is 84.4 cm³/mol. The first kappa shape index (κ1) is 18.9. The molecular weight excluding hydrogens is 278 g/mol. The van der Waals surface area contributed by atoms with E-state index in [1.54, 1.807) is 21.3 Å². The lowest BCUT2D eigenvalue weighted by Gasteiger charge is -2.20. The topological polar surface area (TPSA) is 53.7 Å². The van der Waals surface area contributed by atoms with Gasteiger partial charge in [-0.1, -0.05) is 26.2 Å². The van der Waals surface area contributed by atoms with E-state index in [0.717, 1.165) is 29.9 Å². The van der Waals surface area contributed by atoms with E-state index < -0.39 is 0 Å². The molecular formula is C15H26ClNO3. The van der Waals surface area contributed by atoms with Gasteiger partial charge in [0.05, 0.1) is 26.9 Å². The number of hydrogen-bond acceptors (Lipinski definition) is 4. The average Bonchev–Trinajstić information content (AvgIpc) is 2.45. The summed E-state index contributed by atoms with van der Waals surface area (Å²) in [6.07, 6.45) is 4.40. The van der Waals surface area contributed by atoms with Gasteiger partial charge in [0, 0.05) is 18.2 Å². The molecule has 0 spiro atoms. The molecule has 0 fully saturated rings. The monoisotopic (exact) mass is 303 g/mol. The van der Waals surface area contributed by atoms with Crippen molar-refractivity contribution in [3.8, 4) is 17.2 Å². The maximum absolute atomic E-state index is 6.28. The molecule has 1 rings (SSSR count). The fraction of sp³-hybridized carbons (Fsp3) is 0.600. The summed E-state index contributed by atoms with van der Waals surface area (Å²) in [6, 6.07) is 3.61. The number of benzene rings is 1. The van der Waals surface area contributed by atoms with Gasteiger partial charge in [0.1, 0.15) is 17.2 Å². The van der Waals surface area contributed by atoms with E-state index in [1.807, 2.05) is 12.1 Å². The van der Waals surface area contributed by atoms with Crippen LogP contribution in [0.2, 0.25) is 0 Å². The zero-order chi connectivity index (χ0) is 14.3. The highest BCUT2D eigenvalue weighted by atomic mass is 35.5. The van der Waals surface area contributed by atoms with Crippen LogP contribution in [0.1, 0.15) is 44.2 Å². The number of ether oxygens (including phenoxy) is 3. The molecule has 0 heterocycles. The molecule has 5 heteroatoms. The maximum Gasteiger partial charge on any atom is 0.131 e. The SMILES string of the molecule is CCCCC[C@@H](N)c1c(OC)cc(OC)cc1OC.Cl.